The summed E-state index contributed by atoms with van der Waals surface area (Å²) < 4.78 is 9.18. The quantitative estimate of drug-likeness (QED) is 0.479. The highest BCUT2D eigenvalue weighted by atomic mass is 16.5. The maximum absolute atomic E-state index is 7.14. The van der Waals surface area contributed by atoms with Gasteiger partial charge < -0.3 is 9.26 Å². The van der Waals surface area contributed by atoms with E-state index in [1.54, 1.807) is 6.92 Å². The van der Waals surface area contributed by atoms with Crippen molar-refractivity contribution in [1.82, 2.24) is 10.1 Å². The molecule has 1 heterocycles. The number of hydrogen-bond acceptors (Lipinski definition) is 5. The van der Waals surface area contributed by atoms with Crippen molar-refractivity contribution in [3.8, 4) is 0 Å². The molecule has 1 aromatic rings. The topological polar surface area (TPSA) is 72.0 Å². The van der Waals surface area contributed by atoms with E-state index in [1.165, 1.54) is 0 Å². The third kappa shape index (κ3) is 1.31. The average Bonchev–Trinajstić information content (AvgIpc) is 2.38. The Bertz CT molecular complexity index is 207. The van der Waals surface area contributed by atoms with Crippen LogP contribution in [0, 0.1) is 5.41 Å². The minimum atomic E-state index is -0.0590. The Morgan fingerprint density at radius 3 is 3.20 bits per heavy atom. The maximum Gasteiger partial charge on any atom is 0.257 e. The fraction of sp³-hybridized carbons (Fsp3) is 0.400. The van der Waals surface area contributed by atoms with Crippen LogP contribution in [-0.2, 0) is 4.74 Å². The van der Waals surface area contributed by atoms with Gasteiger partial charge in [-0.3, -0.25) is 5.41 Å². The van der Waals surface area contributed by atoms with Crippen LogP contribution in [0.25, 0.3) is 0 Å². The zero-order valence-electron chi connectivity index (χ0n) is 5.50. The first-order chi connectivity index (χ1) is 4.84. The van der Waals surface area contributed by atoms with E-state index >= 15 is 0 Å². The van der Waals surface area contributed by atoms with Crippen molar-refractivity contribution in [2.75, 3.05) is 6.61 Å². The molecule has 0 radical (unpaired) electrons. The molecule has 0 atom stereocenters. The molecule has 54 valence electrons. The van der Waals surface area contributed by atoms with Crippen LogP contribution in [0.15, 0.2) is 10.9 Å². The van der Waals surface area contributed by atoms with Gasteiger partial charge in [-0.25, -0.2) is 0 Å². The van der Waals surface area contributed by atoms with E-state index in [4.69, 9.17) is 10.1 Å². The zero-order valence-corrected chi connectivity index (χ0v) is 5.50. The Labute approximate surface area is 57.5 Å². The molecule has 0 saturated carbocycles. The molecular weight excluding hydrogens is 134 g/mol. The van der Waals surface area contributed by atoms with Crippen LogP contribution >= 0.6 is 0 Å². The second-order valence-electron chi connectivity index (χ2n) is 1.52. The van der Waals surface area contributed by atoms with Crippen molar-refractivity contribution in [2.45, 2.75) is 6.92 Å². The maximum atomic E-state index is 7.14. The third-order valence-electron chi connectivity index (χ3n) is 0.853. The Morgan fingerprint density at radius 2 is 2.70 bits per heavy atom. The van der Waals surface area contributed by atoms with Crippen LogP contribution in [0.3, 0.4) is 0 Å². The SMILES string of the molecule is CCOC(=N)c1ncon1. The lowest BCUT2D eigenvalue weighted by Gasteiger charge is -1.96. The minimum absolute atomic E-state index is 0.0590. The summed E-state index contributed by atoms with van der Waals surface area (Å²) in [6.45, 7) is 2.22. The lowest BCUT2D eigenvalue weighted by Crippen LogP contribution is -2.06. The summed E-state index contributed by atoms with van der Waals surface area (Å²) >= 11 is 0. The summed E-state index contributed by atoms with van der Waals surface area (Å²) in [4.78, 5) is 3.61. The standard InChI is InChI=1S/C5H7N3O2/c1-2-9-4(6)5-7-3-10-8-5/h3,6H,2H2,1H3. The van der Waals surface area contributed by atoms with Gasteiger partial charge in [-0.2, -0.15) is 4.98 Å². The number of nitrogens with zero attached hydrogens (tertiary/aromatic N) is 2. The number of aromatic nitrogens is 2. The second kappa shape index (κ2) is 2.95. The van der Waals surface area contributed by atoms with Gasteiger partial charge in [0.15, 0.2) is 0 Å². The Hall–Kier alpha value is -1.39. The van der Waals surface area contributed by atoms with Gasteiger partial charge in [-0.05, 0) is 6.92 Å². The summed E-state index contributed by atoms with van der Waals surface area (Å²) in [6.07, 6.45) is 1.16. The first-order valence-electron chi connectivity index (χ1n) is 2.82. The van der Waals surface area contributed by atoms with Crippen LogP contribution in [0.5, 0.6) is 0 Å². The Balaban J connectivity index is 2.59. The second-order valence-corrected chi connectivity index (χ2v) is 1.52. The van der Waals surface area contributed by atoms with Crippen molar-refractivity contribution in [3.63, 3.8) is 0 Å². The van der Waals surface area contributed by atoms with Gasteiger partial charge in [0.2, 0.25) is 6.39 Å². The highest BCUT2D eigenvalue weighted by Crippen LogP contribution is 1.90. The molecule has 0 aliphatic rings. The van der Waals surface area contributed by atoms with Gasteiger partial charge in [-0.15, -0.1) is 0 Å². The van der Waals surface area contributed by atoms with Crippen LogP contribution in [0.2, 0.25) is 0 Å². The summed E-state index contributed by atoms with van der Waals surface area (Å²) in [5.74, 6) is 0.123. The molecule has 0 amide bonds. The molecule has 1 rings (SSSR count). The summed E-state index contributed by atoms with van der Waals surface area (Å²) in [7, 11) is 0. The van der Waals surface area contributed by atoms with E-state index in [1.807, 2.05) is 0 Å². The van der Waals surface area contributed by atoms with Crippen molar-refractivity contribution < 1.29 is 9.26 Å². The van der Waals surface area contributed by atoms with Crippen molar-refractivity contribution in [3.05, 3.63) is 12.2 Å². The molecule has 1 N–H and O–H groups in total. The van der Waals surface area contributed by atoms with Crippen LogP contribution in [0.4, 0.5) is 0 Å². The predicted octanol–water partition coefficient (Wildman–Crippen LogP) is 0.431. The normalized spacial score (nSPS) is 9.30. The lowest BCUT2D eigenvalue weighted by molar-refractivity contribution is 0.320. The first kappa shape index (κ1) is 6.73. The number of hydrogen-bond donors (Lipinski definition) is 1. The molecule has 0 aliphatic heterocycles. The molecule has 0 aromatic carbocycles. The van der Waals surface area contributed by atoms with E-state index in [9.17, 15) is 0 Å². The minimum Gasteiger partial charge on any atom is -0.476 e. The number of rotatable bonds is 2. The van der Waals surface area contributed by atoms with Crippen LogP contribution < -0.4 is 0 Å². The number of nitrogens with one attached hydrogen (secondary N) is 1. The Kier molecular flexibility index (Phi) is 1.99. The molecule has 0 fully saturated rings. The van der Waals surface area contributed by atoms with Crippen molar-refractivity contribution in [1.29, 1.82) is 5.41 Å². The van der Waals surface area contributed by atoms with E-state index in [0.29, 0.717) is 6.61 Å². The highest BCUT2D eigenvalue weighted by Gasteiger charge is 2.05. The average molecular weight is 141 g/mol. The molecule has 0 aliphatic carbocycles. The van der Waals surface area contributed by atoms with Gasteiger partial charge in [-0.1, -0.05) is 5.16 Å². The fourth-order valence-electron chi connectivity index (χ4n) is 0.480. The molecular formula is C5H7N3O2. The van der Waals surface area contributed by atoms with Gasteiger partial charge >= 0.3 is 0 Å². The fourth-order valence-corrected chi connectivity index (χ4v) is 0.480. The van der Waals surface area contributed by atoms with Gasteiger partial charge in [0, 0.05) is 0 Å². The predicted molar refractivity (Wildman–Crippen MR) is 32.8 cm³/mol. The first-order valence-corrected chi connectivity index (χ1v) is 2.82. The van der Waals surface area contributed by atoms with E-state index in [2.05, 4.69) is 14.7 Å². The molecule has 1 aromatic heterocycles. The van der Waals surface area contributed by atoms with Crippen LogP contribution in [0.1, 0.15) is 12.7 Å². The van der Waals surface area contributed by atoms with Crippen LogP contribution in [-0.4, -0.2) is 22.6 Å². The summed E-state index contributed by atoms with van der Waals surface area (Å²) in [5.41, 5.74) is 0. The van der Waals surface area contributed by atoms with Gasteiger partial charge in [0.25, 0.3) is 11.7 Å². The van der Waals surface area contributed by atoms with Gasteiger partial charge in [0.05, 0.1) is 6.61 Å². The smallest absolute Gasteiger partial charge is 0.257 e. The highest BCUT2D eigenvalue weighted by molar-refractivity contribution is 5.87. The molecule has 5 nitrogen and oxygen atoms in total. The third-order valence-corrected chi connectivity index (χ3v) is 0.853. The molecule has 0 unspecified atom stereocenters. The van der Waals surface area contributed by atoms with Crippen molar-refractivity contribution >= 4 is 5.90 Å². The molecule has 5 heteroatoms. The molecule has 0 saturated heterocycles. The monoisotopic (exact) mass is 141 g/mol. The Morgan fingerprint density at radius 1 is 1.90 bits per heavy atom. The summed E-state index contributed by atoms with van der Waals surface area (Å²) in [5, 5.41) is 10.5. The lowest BCUT2D eigenvalue weighted by atomic mass is 10.6. The number of ether oxygens (including phenoxy) is 1. The van der Waals surface area contributed by atoms with Crippen molar-refractivity contribution in [2.24, 2.45) is 0 Å². The molecule has 0 bridgehead atoms. The van der Waals surface area contributed by atoms with E-state index in [0.717, 1.165) is 6.39 Å². The van der Waals surface area contributed by atoms with Gasteiger partial charge in [0.1, 0.15) is 0 Å². The van der Waals surface area contributed by atoms with E-state index < -0.39 is 0 Å². The zero-order chi connectivity index (χ0) is 7.40. The van der Waals surface area contributed by atoms with E-state index in [-0.39, 0.29) is 11.7 Å². The largest absolute Gasteiger partial charge is 0.476 e. The molecule has 0 spiro atoms. The molecule has 10 heavy (non-hydrogen) atoms. The summed E-state index contributed by atoms with van der Waals surface area (Å²) in [6, 6.07) is 0.